The number of furan rings is 1. The molecule has 0 aliphatic heterocycles. The zero-order chi connectivity index (χ0) is 9.97. The van der Waals surface area contributed by atoms with Gasteiger partial charge in [-0.2, -0.15) is 0 Å². The first kappa shape index (κ1) is 8.97. The lowest BCUT2D eigenvalue weighted by atomic mass is 10.1. The molecule has 1 heterocycles. The topological polar surface area (TPSA) is 39.2 Å². The Morgan fingerprint density at radius 2 is 2.07 bits per heavy atom. The van der Waals surface area contributed by atoms with Crippen LogP contribution in [0.4, 0.5) is 4.39 Å². The molecule has 0 aliphatic carbocycles. The molecule has 0 saturated heterocycles. The van der Waals surface area contributed by atoms with E-state index in [1.165, 1.54) is 6.07 Å². The summed E-state index contributed by atoms with van der Waals surface area (Å²) >= 11 is 0. The summed E-state index contributed by atoms with van der Waals surface area (Å²) in [6.45, 7) is 0.206. The molecule has 14 heavy (non-hydrogen) atoms. The number of halogens is 1. The maximum absolute atomic E-state index is 13.1. The van der Waals surface area contributed by atoms with Crippen LogP contribution in [0.3, 0.4) is 0 Å². The lowest BCUT2D eigenvalue weighted by molar-refractivity contribution is 0.568. The zero-order valence-corrected chi connectivity index (χ0v) is 7.53. The normalized spacial score (nSPS) is 10.4. The molecule has 2 rings (SSSR count). The number of hydrogen-bond donors (Lipinski definition) is 1. The fourth-order valence-electron chi connectivity index (χ4n) is 1.34. The second-order valence-electron chi connectivity index (χ2n) is 3.02. The number of benzene rings is 1. The summed E-state index contributed by atoms with van der Waals surface area (Å²) in [5.41, 5.74) is 7.77. The van der Waals surface area contributed by atoms with Crippen LogP contribution in [0.2, 0.25) is 0 Å². The number of hydrogen-bond acceptors (Lipinski definition) is 2. The average molecular weight is 191 g/mol. The van der Waals surface area contributed by atoms with Crippen molar-refractivity contribution in [3.63, 3.8) is 0 Å². The van der Waals surface area contributed by atoms with Gasteiger partial charge in [-0.25, -0.2) is 4.39 Å². The molecule has 0 spiro atoms. The monoisotopic (exact) mass is 191 g/mol. The smallest absolute Gasteiger partial charge is 0.127 e. The summed E-state index contributed by atoms with van der Waals surface area (Å²) in [6, 6.07) is 6.69. The first-order valence-electron chi connectivity index (χ1n) is 4.32. The van der Waals surface area contributed by atoms with Crippen LogP contribution >= 0.6 is 0 Å². The average Bonchev–Trinajstić information content (AvgIpc) is 2.71. The highest BCUT2D eigenvalue weighted by atomic mass is 19.1. The molecule has 0 unspecified atom stereocenters. The lowest BCUT2D eigenvalue weighted by Gasteiger charge is -2.02. The molecule has 2 N–H and O–H groups in total. The highest BCUT2D eigenvalue weighted by molar-refractivity contribution is 5.62. The van der Waals surface area contributed by atoms with Crippen molar-refractivity contribution in [3.05, 3.63) is 48.2 Å². The Morgan fingerprint density at radius 3 is 2.71 bits per heavy atom. The van der Waals surface area contributed by atoms with Crippen LogP contribution in [0, 0.1) is 5.82 Å². The molecule has 0 saturated carbocycles. The van der Waals surface area contributed by atoms with E-state index in [-0.39, 0.29) is 12.4 Å². The maximum atomic E-state index is 13.1. The van der Waals surface area contributed by atoms with Gasteiger partial charge in [0, 0.05) is 17.7 Å². The molecule has 0 radical (unpaired) electrons. The van der Waals surface area contributed by atoms with E-state index in [1.54, 1.807) is 24.7 Å². The predicted octanol–water partition coefficient (Wildman–Crippen LogP) is 2.54. The fraction of sp³-hybridized carbons (Fsp3) is 0.0909. The van der Waals surface area contributed by atoms with Gasteiger partial charge in [-0.3, -0.25) is 0 Å². The SMILES string of the molecule is NCc1cc(-c2ccoc2)ccc1F. The Bertz CT molecular complexity index is 423. The molecule has 3 heteroatoms. The van der Waals surface area contributed by atoms with Gasteiger partial charge in [-0.1, -0.05) is 6.07 Å². The van der Waals surface area contributed by atoms with Gasteiger partial charge in [-0.15, -0.1) is 0 Å². The molecule has 2 aromatic rings. The van der Waals surface area contributed by atoms with E-state index in [9.17, 15) is 4.39 Å². The highest BCUT2D eigenvalue weighted by Crippen LogP contribution is 2.22. The molecular weight excluding hydrogens is 181 g/mol. The van der Waals surface area contributed by atoms with Crippen LogP contribution in [0.1, 0.15) is 5.56 Å². The number of nitrogens with two attached hydrogens (primary N) is 1. The van der Waals surface area contributed by atoms with Gasteiger partial charge >= 0.3 is 0 Å². The Kier molecular flexibility index (Phi) is 2.33. The third kappa shape index (κ3) is 1.54. The van der Waals surface area contributed by atoms with Crippen molar-refractivity contribution in [2.45, 2.75) is 6.54 Å². The van der Waals surface area contributed by atoms with Crippen molar-refractivity contribution in [1.82, 2.24) is 0 Å². The first-order chi connectivity index (χ1) is 6.81. The van der Waals surface area contributed by atoms with Crippen LogP contribution in [0.25, 0.3) is 11.1 Å². The Balaban J connectivity index is 2.46. The van der Waals surface area contributed by atoms with Crippen molar-refractivity contribution in [3.8, 4) is 11.1 Å². The Labute approximate surface area is 81.2 Å². The maximum Gasteiger partial charge on any atom is 0.127 e. The Hall–Kier alpha value is -1.61. The van der Waals surface area contributed by atoms with Crippen molar-refractivity contribution in [1.29, 1.82) is 0 Å². The minimum absolute atomic E-state index is 0.206. The van der Waals surface area contributed by atoms with E-state index < -0.39 is 0 Å². The fourth-order valence-corrected chi connectivity index (χ4v) is 1.34. The van der Waals surface area contributed by atoms with Gasteiger partial charge in [0.05, 0.1) is 12.5 Å². The van der Waals surface area contributed by atoms with Gasteiger partial charge in [-0.05, 0) is 23.8 Å². The summed E-state index contributed by atoms with van der Waals surface area (Å²) in [5, 5.41) is 0. The van der Waals surface area contributed by atoms with E-state index >= 15 is 0 Å². The van der Waals surface area contributed by atoms with Gasteiger partial charge in [0.2, 0.25) is 0 Å². The van der Waals surface area contributed by atoms with Crippen LogP contribution in [0.15, 0.2) is 41.2 Å². The van der Waals surface area contributed by atoms with E-state index in [2.05, 4.69) is 0 Å². The zero-order valence-electron chi connectivity index (χ0n) is 7.53. The molecule has 72 valence electrons. The highest BCUT2D eigenvalue weighted by Gasteiger charge is 2.04. The van der Waals surface area contributed by atoms with Gasteiger partial charge in [0.1, 0.15) is 5.82 Å². The van der Waals surface area contributed by atoms with E-state index in [4.69, 9.17) is 10.2 Å². The molecule has 0 aliphatic rings. The summed E-state index contributed by atoms with van der Waals surface area (Å²) in [4.78, 5) is 0. The minimum atomic E-state index is -0.264. The summed E-state index contributed by atoms with van der Waals surface area (Å²) in [5.74, 6) is -0.264. The van der Waals surface area contributed by atoms with Crippen molar-refractivity contribution in [2.75, 3.05) is 0 Å². The van der Waals surface area contributed by atoms with Gasteiger partial charge in [0.15, 0.2) is 0 Å². The lowest BCUT2D eigenvalue weighted by Crippen LogP contribution is -1.99. The molecule has 1 aromatic carbocycles. The first-order valence-corrected chi connectivity index (χ1v) is 4.32. The van der Waals surface area contributed by atoms with Gasteiger partial charge in [0.25, 0.3) is 0 Å². The van der Waals surface area contributed by atoms with Crippen molar-refractivity contribution >= 4 is 0 Å². The largest absolute Gasteiger partial charge is 0.472 e. The quantitative estimate of drug-likeness (QED) is 0.792. The Morgan fingerprint density at radius 1 is 1.21 bits per heavy atom. The second kappa shape index (κ2) is 3.64. The standard InChI is InChI=1S/C11H10FNO/c12-11-2-1-8(5-10(11)6-13)9-3-4-14-7-9/h1-5,7H,6,13H2. The molecule has 0 amide bonds. The third-order valence-corrected chi connectivity index (χ3v) is 2.12. The van der Waals surface area contributed by atoms with Crippen LogP contribution in [-0.2, 0) is 6.54 Å². The molecule has 0 bridgehead atoms. The molecule has 0 fully saturated rings. The van der Waals surface area contributed by atoms with Crippen LogP contribution in [0.5, 0.6) is 0 Å². The molecule has 0 atom stereocenters. The molecular formula is C11H10FNO. The minimum Gasteiger partial charge on any atom is -0.472 e. The summed E-state index contributed by atoms with van der Waals surface area (Å²) in [6.07, 6.45) is 3.20. The second-order valence-corrected chi connectivity index (χ2v) is 3.02. The molecule has 2 nitrogen and oxygen atoms in total. The predicted molar refractivity (Wildman–Crippen MR) is 52.0 cm³/mol. The molecule has 1 aromatic heterocycles. The van der Waals surface area contributed by atoms with Gasteiger partial charge < -0.3 is 10.2 Å². The van der Waals surface area contributed by atoms with E-state index in [0.717, 1.165) is 11.1 Å². The summed E-state index contributed by atoms with van der Waals surface area (Å²) < 4.78 is 18.1. The van der Waals surface area contributed by atoms with E-state index in [0.29, 0.717) is 5.56 Å². The summed E-state index contributed by atoms with van der Waals surface area (Å²) in [7, 11) is 0. The number of rotatable bonds is 2. The van der Waals surface area contributed by atoms with Crippen molar-refractivity contribution in [2.24, 2.45) is 5.73 Å². The van der Waals surface area contributed by atoms with E-state index in [1.807, 2.05) is 6.07 Å². The van der Waals surface area contributed by atoms with Crippen molar-refractivity contribution < 1.29 is 8.81 Å². The third-order valence-electron chi connectivity index (χ3n) is 2.12. The van der Waals surface area contributed by atoms with Crippen LogP contribution in [-0.4, -0.2) is 0 Å². The van der Waals surface area contributed by atoms with Crippen LogP contribution < -0.4 is 5.73 Å².